The van der Waals surface area contributed by atoms with Gasteiger partial charge in [-0.05, 0) is 59.0 Å². The first-order valence-electron chi connectivity index (χ1n) is 14.8. The average molecular weight is 598 g/mol. The van der Waals surface area contributed by atoms with Crippen LogP contribution in [-0.4, -0.2) is 83.3 Å². The van der Waals surface area contributed by atoms with E-state index in [4.69, 9.17) is 28.4 Å². The van der Waals surface area contributed by atoms with E-state index in [-0.39, 0.29) is 37.6 Å². The van der Waals surface area contributed by atoms with E-state index in [1.54, 1.807) is 27.2 Å². The minimum atomic E-state index is -0.205. The van der Waals surface area contributed by atoms with Crippen molar-refractivity contribution in [1.29, 1.82) is 0 Å². The summed E-state index contributed by atoms with van der Waals surface area (Å²) in [5.74, 6) is 3.46. The summed E-state index contributed by atoms with van der Waals surface area (Å²) < 4.78 is 36.0. The number of rotatable bonds is 13. The molecule has 0 aliphatic carbocycles. The Morgan fingerprint density at radius 2 is 1.86 bits per heavy atom. The summed E-state index contributed by atoms with van der Waals surface area (Å²) in [5, 5.41) is 3.08. The van der Waals surface area contributed by atoms with Gasteiger partial charge in [-0.25, -0.2) is 0 Å². The molecule has 2 aromatic rings. The Morgan fingerprint density at radius 1 is 1.14 bits per heavy atom. The third-order valence-electron chi connectivity index (χ3n) is 8.37. The second-order valence-electron chi connectivity index (χ2n) is 11.3. The Balaban J connectivity index is 2.00. The maximum atomic E-state index is 12.3. The van der Waals surface area contributed by atoms with Crippen molar-refractivity contribution in [3.8, 4) is 28.7 Å². The van der Waals surface area contributed by atoms with Crippen molar-refractivity contribution in [2.24, 2.45) is 0 Å². The summed E-state index contributed by atoms with van der Waals surface area (Å²) in [5.41, 5.74) is 6.05. The minimum absolute atomic E-state index is 0.0480. The van der Waals surface area contributed by atoms with Crippen LogP contribution >= 0.6 is 0 Å². The minimum Gasteiger partial charge on any atom is -0.493 e. The first kappa shape index (κ1) is 32.4. The lowest BCUT2D eigenvalue weighted by atomic mass is 9.79. The molecule has 1 N–H and O–H groups in total. The van der Waals surface area contributed by atoms with Crippen molar-refractivity contribution in [3.63, 3.8) is 0 Å². The number of hydrogen-bond acceptors (Lipinski definition) is 9. The standard InChI is InChI=1S/C33H47N3O7/c1-11-13-40-30-21(5)31-33(43-18-42-31)27-23(30)15-24(36(12-2)25(27)16-34-22(6)37)28(35(7)8)26-19(3)14-20(4)29(39-10)32(26)41-17-38-9/h11,14,24-25,28H,1,12-13,15-18H2,2-10H3,(H,34,37)/t24?,25-,28-/m0/s1. The molecule has 4 rings (SSSR count). The molecule has 2 heterocycles. The lowest BCUT2D eigenvalue weighted by Gasteiger charge is -2.48. The number of fused-ring (bicyclic) bond motifs is 3. The topological polar surface area (TPSA) is 91.0 Å². The van der Waals surface area contributed by atoms with Crippen LogP contribution in [0, 0.1) is 20.8 Å². The Labute approximate surface area is 255 Å². The zero-order valence-electron chi connectivity index (χ0n) is 27.1. The van der Waals surface area contributed by atoms with Gasteiger partial charge in [-0.2, -0.15) is 0 Å². The summed E-state index contributed by atoms with van der Waals surface area (Å²) in [6, 6.07) is 1.76. The molecule has 10 nitrogen and oxygen atoms in total. The molecular weight excluding hydrogens is 550 g/mol. The molecule has 0 saturated carbocycles. The Bertz CT molecular complexity index is 1340. The van der Waals surface area contributed by atoms with Crippen molar-refractivity contribution < 1.29 is 33.2 Å². The van der Waals surface area contributed by atoms with Crippen molar-refractivity contribution in [2.75, 3.05) is 61.6 Å². The van der Waals surface area contributed by atoms with Gasteiger partial charge in [0.25, 0.3) is 0 Å². The van der Waals surface area contributed by atoms with E-state index in [9.17, 15) is 4.79 Å². The largest absolute Gasteiger partial charge is 0.493 e. The third-order valence-corrected chi connectivity index (χ3v) is 8.37. The SMILES string of the molecule is C=CCOc1c(C)c2c(c3c1CC([C@@H](c1c(C)cc(C)c(OC)c1OCOC)N(C)C)N(CC)[C@H]3CNC(C)=O)OCO2. The van der Waals surface area contributed by atoms with Gasteiger partial charge in [0.2, 0.25) is 12.7 Å². The summed E-state index contributed by atoms with van der Waals surface area (Å²) in [6.07, 6.45) is 2.40. The molecule has 2 aliphatic heterocycles. The van der Waals surface area contributed by atoms with Gasteiger partial charge in [0.05, 0.1) is 19.2 Å². The highest BCUT2D eigenvalue weighted by molar-refractivity contribution is 5.73. The molecule has 10 heteroatoms. The number of ether oxygens (including phenoxy) is 6. The molecule has 2 aliphatic rings. The highest BCUT2D eigenvalue weighted by atomic mass is 16.7. The number of carbonyl (C=O) groups excluding carboxylic acids is 1. The smallest absolute Gasteiger partial charge is 0.231 e. The zero-order valence-corrected chi connectivity index (χ0v) is 27.1. The van der Waals surface area contributed by atoms with Crippen LogP contribution in [0.4, 0.5) is 0 Å². The molecule has 2 aromatic carbocycles. The van der Waals surface area contributed by atoms with Gasteiger partial charge in [-0.1, -0.05) is 25.6 Å². The van der Waals surface area contributed by atoms with Crippen LogP contribution in [0.2, 0.25) is 0 Å². The number of nitrogens with zero attached hydrogens (tertiary/aromatic N) is 2. The lowest BCUT2D eigenvalue weighted by Crippen LogP contribution is -2.52. The van der Waals surface area contributed by atoms with E-state index in [2.05, 4.69) is 55.7 Å². The highest BCUT2D eigenvalue weighted by Crippen LogP contribution is 2.54. The number of likely N-dealkylation sites (N-methyl/N-ethyl adjacent to an activating group) is 2. The molecule has 43 heavy (non-hydrogen) atoms. The number of methoxy groups -OCH3 is 2. The van der Waals surface area contributed by atoms with Crippen LogP contribution in [0.15, 0.2) is 18.7 Å². The van der Waals surface area contributed by atoms with Crippen molar-refractivity contribution in [1.82, 2.24) is 15.1 Å². The zero-order chi connectivity index (χ0) is 31.4. The molecule has 1 unspecified atom stereocenters. The van der Waals surface area contributed by atoms with Gasteiger partial charge in [-0.15, -0.1) is 0 Å². The fourth-order valence-corrected chi connectivity index (χ4v) is 6.80. The van der Waals surface area contributed by atoms with Crippen LogP contribution in [0.5, 0.6) is 28.7 Å². The second kappa shape index (κ2) is 13.9. The molecule has 0 radical (unpaired) electrons. The van der Waals surface area contributed by atoms with Crippen LogP contribution in [0.25, 0.3) is 0 Å². The summed E-state index contributed by atoms with van der Waals surface area (Å²) in [6.45, 7) is 15.4. The third kappa shape index (κ3) is 6.14. The van der Waals surface area contributed by atoms with E-state index >= 15 is 0 Å². The highest BCUT2D eigenvalue weighted by Gasteiger charge is 2.45. The van der Waals surface area contributed by atoms with E-state index in [1.807, 2.05) is 13.8 Å². The molecule has 1 amide bonds. The van der Waals surface area contributed by atoms with E-state index < -0.39 is 0 Å². The fraction of sp³-hybridized carbons (Fsp3) is 0.545. The first-order chi connectivity index (χ1) is 20.6. The average Bonchev–Trinajstić information content (AvgIpc) is 3.46. The van der Waals surface area contributed by atoms with Gasteiger partial charge in [0, 0.05) is 48.9 Å². The summed E-state index contributed by atoms with van der Waals surface area (Å²) in [4.78, 5) is 16.9. The monoisotopic (exact) mass is 597 g/mol. The molecule has 0 aromatic heterocycles. The van der Waals surface area contributed by atoms with Gasteiger partial charge in [0.15, 0.2) is 29.8 Å². The van der Waals surface area contributed by atoms with Crippen molar-refractivity contribution in [2.45, 2.75) is 59.2 Å². The summed E-state index contributed by atoms with van der Waals surface area (Å²) in [7, 11) is 7.45. The Hall–Kier alpha value is -3.47. The second-order valence-corrected chi connectivity index (χ2v) is 11.3. The number of aryl methyl sites for hydroxylation is 2. The van der Waals surface area contributed by atoms with Gasteiger partial charge in [0.1, 0.15) is 12.4 Å². The lowest BCUT2D eigenvalue weighted by molar-refractivity contribution is -0.119. The predicted molar refractivity (Wildman–Crippen MR) is 166 cm³/mol. The van der Waals surface area contributed by atoms with Crippen LogP contribution < -0.4 is 29.0 Å². The van der Waals surface area contributed by atoms with Crippen molar-refractivity contribution in [3.05, 3.63) is 52.1 Å². The quantitative estimate of drug-likeness (QED) is 0.262. The normalized spacial score (nSPS) is 18.3. The van der Waals surface area contributed by atoms with Crippen LogP contribution in [-0.2, 0) is 16.0 Å². The number of nitrogens with one attached hydrogen (secondary N) is 1. The molecule has 3 atom stereocenters. The van der Waals surface area contributed by atoms with E-state index in [1.165, 1.54) is 0 Å². The maximum absolute atomic E-state index is 12.3. The van der Waals surface area contributed by atoms with Crippen LogP contribution in [0.1, 0.15) is 59.3 Å². The van der Waals surface area contributed by atoms with E-state index in [0.717, 1.165) is 51.4 Å². The van der Waals surface area contributed by atoms with Crippen molar-refractivity contribution >= 4 is 5.91 Å². The molecular formula is C33H47N3O7. The maximum Gasteiger partial charge on any atom is 0.231 e. The molecule has 236 valence electrons. The van der Waals surface area contributed by atoms with Gasteiger partial charge >= 0.3 is 0 Å². The van der Waals surface area contributed by atoms with Gasteiger partial charge in [-0.3, -0.25) is 9.69 Å². The van der Waals surface area contributed by atoms with Gasteiger partial charge < -0.3 is 38.6 Å². The molecule has 0 fully saturated rings. The number of amides is 1. The Morgan fingerprint density at radius 3 is 2.47 bits per heavy atom. The molecule has 0 bridgehead atoms. The number of carbonyl (C=O) groups is 1. The first-order valence-corrected chi connectivity index (χ1v) is 14.8. The van der Waals surface area contributed by atoms with Crippen LogP contribution in [0.3, 0.4) is 0 Å². The molecule has 0 saturated heterocycles. The molecule has 0 spiro atoms. The number of benzene rings is 2. The summed E-state index contributed by atoms with van der Waals surface area (Å²) >= 11 is 0. The predicted octanol–water partition coefficient (Wildman–Crippen LogP) is 4.62. The fourth-order valence-electron chi connectivity index (χ4n) is 6.80. The van der Waals surface area contributed by atoms with E-state index in [0.29, 0.717) is 36.8 Å². The Kier molecular flexibility index (Phi) is 10.5. The number of hydrogen-bond donors (Lipinski definition) is 1.